The predicted octanol–water partition coefficient (Wildman–Crippen LogP) is 7.21. The van der Waals surface area contributed by atoms with Crippen LogP contribution in [-0.2, 0) is 11.3 Å². The molecule has 218 valence electrons. The number of fused-ring (bicyclic) bond motifs is 1. The zero-order valence-corrected chi connectivity index (χ0v) is 25.3. The van der Waals surface area contributed by atoms with Gasteiger partial charge in [0.1, 0.15) is 5.82 Å². The molecule has 1 atom stereocenters. The number of para-hydroxylation sites is 1. The van der Waals surface area contributed by atoms with Gasteiger partial charge < -0.3 is 9.80 Å². The summed E-state index contributed by atoms with van der Waals surface area (Å²) in [6, 6.07) is 17.3. The van der Waals surface area contributed by atoms with Gasteiger partial charge in [0, 0.05) is 19.5 Å². The largest absolute Gasteiger partial charge is 0.331 e. The monoisotopic (exact) mass is 546 g/mol. The lowest BCUT2D eigenvalue weighted by Gasteiger charge is -2.33. The highest BCUT2D eigenvalue weighted by molar-refractivity contribution is 5.78. The number of carbonyl (C=O) groups is 1. The molecule has 0 fully saturated rings. The summed E-state index contributed by atoms with van der Waals surface area (Å²) in [4.78, 5) is 36.7. The molecule has 0 radical (unpaired) electrons. The highest BCUT2D eigenvalue weighted by Gasteiger charge is 2.28. The molecule has 0 spiro atoms. The molecule has 1 aromatic heterocycles. The summed E-state index contributed by atoms with van der Waals surface area (Å²) in [7, 11) is 4.06. The maximum absolute atomic E-state index is 13.8. The van der Waals surface area contributed by atoms with Crippen LogP contribution in [0.5, 0.6) is 0 Å². The van der Waals surface area contributed by atoms with Crippen molar-refractivity contribution in [3.63, 3.8) is 0 Å². The average Bonchev–Trinajstić information content (AvgIpc) is 2.96. The van der Waals surface area contributed by atoms with Crippen LogP contribution in [0, 0.1) is 0 Å². The molecule has 0 N–H and O–H groups in total. The molecule has 3 aromatic rings. The number of hydrogen-bond acceptors (Lipinski definition) is 4. The third-order valence-corrected chi connectivity index (χ3v) is 7.74. The van der Waals surface area contributed by atoms with E-state index >= 15 is 0 Å². The molecule has 0 aliphatic heterocycles. The van der Waals surface area contributed by atoms with Crippen molar-refractivity contribution in [2.24, 2.45) is 0 Å². The molecule has 1 unspecified atom stereocenters. The summed E-state index contributed by atoms with van der Waals surface area (Å²) in [6.45, 7) is 6.14. The normalized spacial score (nSPS) is 12.2. The van der Waals surface area contributed by atoms with Crippen molar-refractivity contribution < 1.29 is 4.79 Å². The minimum absolute atomic E-state index is 0.0538. The van der Waals surface area contributed by atoms with E-state index in [9.17, 15) is 9.59 Å². The van der Waals surface area contributed by atoms with E-state index in [-0.39, 0.29) is 17.5 Å². The van der Waals surface area contributed by atoms with Crippen LogP contribution in [0.1, 0.15) is 102 Å². The van der Waals surface area contributed by atoms with E-state index in [4.69, 9.17) is 4.98 Å². The molecule has 0 aliphatic carbocycles. The Balaban J connectivity index is 1.83. The smallest absolute Gasteiger partial charge is 0.261 e. The van der Waals surface area contributed by atoms with Crippen LogP contribution in [0.4, 0.5) is 0 Å². The van der Waals surface area contributed by atoms with Crippen molar-refractivity contribution in [3.05, 3.63) is 76.3 Å². The first-order valence-electron chi connectivity index (χ1n) is 15.4. The molecule has 3 rings (SSSR count). The predicted molar refractivity (Wildman–Crippen MR) is 167 cm³/mol. The molecular formula is C34H50N4O2. The average molecular weight is 547 g/mol. The molecule has 6 heteroatoms. The zero-order chi connectivity index (χ0) is 28.7. The van der Waals surface area contributed by atoms with Gasteiger partial charge in [0.2, 0.25) is 5.91 Å². The van der Waals surface area contributed by atoms with Crippen molar-refractivity contribution in [2.75, 3.05) is 27.2 Å². The first-order valence-corrected chi connectivity index (χ1v) is 15.4. The Morgan fingerprint density at radius 2 is 1.45 bits per heavy atom. The summed E-state index contributed by atoms with van der Waals surface area (Å²) in [5.41, 5.74) is 1.67. The van der Waals surface area contributed by atoms with E-state index in [0.29, 0.717) is 42.7 Å². The Kier molecular flexibility index (Phi) is 13.4. The van der Waals surface area contributed by atoms with E-state index in [1.54, 1.807) is 4.57 Å². The second-order valence-corrected chi connectivity index (χ2v) is 11.3. The standard InChI is InChI=1S/C34H50N4O2/c1-5-7-8-9-10-11-12-13-17-24-32(39)37(26-25-36(3)4)31(6-2)33-35-30-23-19-18-22-29(30)34(40)38(33)27-28-20-15-14-16-21-28/h14-16,18-23,31H,5-13,17,24-27H2,1-4H3. The number of rotatable bonds is 18. The van der Waals surface area contributed by atoms with Crippen LogP contribution in [0.2, 0.25) is 0 Å². The first kappa shape index (κ1) is 31.5. The van der Waals surface area contributed by atoms with Crippen molar-refractivity contribution in [1.29, 1.82) is 0 Å². The van der Waals surface area contributed by atoms with Gasteiger partial charge in [-0.2, -0.15) is 0 Å². The van der Waals surface area contributed by atoms with E-state index < -0.39 is 0 Å². The molecule has 1 heterocycles. The van der Waals surface area contributed by atoms with Gasteiger partial charge in [0.15, 0.2) is 0 Å². The van der Waals surface area contributed by atoms with Crippen molar-refractivity contribution in [2.45, 2.75) is 97.1 Å². The summed E-state index contributed by atoms with van der Waals surface area (Å²) >= 11 is 0. The number of amides is 1. The van der Waals surface area contributed by atoms with Crippen LogP contribution >= 0.6 is 0 Å². The fraction of sp³-hybridized carbons (Fsp3) is 0.559. The Hall–Kier alpha value is -2.99. The van der Waals surface area contributed by atoms with E-state index in [1.165, 1.54) is 44.9 Å². The number of benzene rings is 2. The van der Waals surface area contributed by atoms with Crippen LogP contribution in [0.3, 0.4) is 0 Å². The molecule has 40 heavy (non-hydrogen) atoms. The Labute approximate surface area is 241 Å². The van der Waals surface area contributed by atoms with Gasteiger partial charge in [0.05, 0.1) is 23.5 Å². The Morgan fingerprint density at radius 3 is 2.10 bits per heavy atom. The lowest BCUT2D eigenvalue weighted by atomic mass is 10.1. The highest BCUT2D eigenvalue weighted by atomic mass is 16.2. The van der Waals surface area contributed by atoms with Crippen LogP contribution in [-0.4, -0.2) is 52.4 Å². The number of unbranched alkanes of at least 4 members (excludes halogenated alkanes) is 8. The Bertz CT molecular complexity index is 1220. The van der Waals surface area contributed by atoms with Crippen LogP contribution in [0.25, 0.3) is 10.9 Å². The zero-order valence-electron chi connectivity index (χ0n) is 25.3. The van der Waals surface area contributed by atoms with Gasteiger partial charge >= 0.3 is 0 Å². The van der Waals surface area contributed by atoms with Gasteiger partial charge in [-0.05, 0) is 44.6 Å². The maximum Gasteiger partial charge on any atom is 0.261 e. The van der Waals surface area contributed by atoms with Gasteiger partial charge in [0.25, 0.3) is 5.56 Å². The Morgan fingerprint density at radius 1 is 0.825 bits per heavy atom. The number of aromatic nitrogens is 2. The molecule has 0 saturated heterocycles. The summed E-state index contributed by atoms with van der Waals surface area (Å²) in [5, 5.41) is 0.609. The lowest BCUT2D eigenvalue weighted by Crippen LogP contribution is -2.42. The molecule has 0 saturated carbocycles. The second-order valence-electron chi connectivity index (χ2n) is 11.3. The van der Waals surface area contributed by atoms with Crippen molar-refractivity contribution in [3.8, 4) is 0 Å². The van der Waals surface area contributed by atoms with Crippen molar-refractivity contribution >= 4 is 16.8 Å². The first-order chi connectivity index (χ1) is 19.5. The van der Waals surface area contributed by atoms with E-state index in [0.717, 1.165) is 24.9 Å². The van der Waals surface area contributed by atoms with Gasteiger partial charge in [-0.25, -0.2) is 4.98 Å². The van der Waals surface area contributed by atoms with Crippen molar-refractivity contribution in [1.82, 2.24) is 19.4 Å². The number of likely N-dealkylation sites (N-methyl/N-ethyl adjacent to an activating group) is 1. The quantitative estimate of drug-likeness (QED) is 0.158. The fourth-order valence-electron chi connectivity index (χ4n) is 5.39. The number of nitrogens with zero attached hydrogens (tertiary/aromatic N) is 4. The topological polar surface area (TPSA) is 58.4 Å². The summed E-state index contributed by atoms with van der Waals surface area (Å²) < 4.78 is 1.79. The third kappa shape index (κ3) is 9.29. The second kappa shape index (κ2) is 17.0. The van der Waals surface area contributed by atoms with E-state index in [2.05, 4.69) is 18.7 Å². The highest BCUT2D eigenvalue weighted by Crippen LogP contribution is 2.26. The number of hydrogen-bond donors (Lipinski definition) is 0. The van der Waals surface area contributed by atoms with E-state index in [1.807, 2.05) is 73.6 Å². The van der Waals surface area contributed by atoms with Gasteiger partial charge in [-0.15, -0.1) is 0 Å². The van der Waals surface area contributed by atoms with Crippen LogP contribution < -0.4 is 5.56 Å². The molecule has 1 amide bonds. The molecule has 0 aliphatic rings. The fourth-order valence-corrected chi connectivity index (χ4v) is 5.39. The summed E-state index contributed by atoms with van der Waals surface area (Å²) in [6.07, 6.45) is 12.3. The molecular weight excluding hydrogens is 496 g/mol. The minimum atomic E-state index is -0.271. The molecule has 6 nitrogen and oxygen atoms in total. The summed E-state index contributed by atoms with van der Waals surface area (Å²) in [5.74, 6) is 0.833. The minimum Gasteiger partial charge on any atom is -0.331 e. The van der Waals surface area contributed by atoms with Gasteiger partial charge in [-0.1, -0.05) is 108 Å². The molecule has 0 bridgehead atoms. The number of carbonyl (C=O) groups excluding carboxylic acids is 1. The third-order valence-electron chi connectivity index (χ3n) is 7.74. The molecule has 2 aromatic carbocycles. The van der Waals surface area contributed by atoms with Crippen LogP contribution in [0.15, 0.2) is 59.4 Å². The maximum atomic E-state index is 13.8. The lowest BCUT2D eigenvalue weighted by molar-refractivity contribution is -0.134. The SMILES string of the molecule is CCCCCCCCCCCC(=O)N(CCN(C)C)C(CC)c1nc2ccccc2c(=O)n1Cc1ccccc1. The van der Waals surface area contributed by atoms with Gasteiger partial charge in [-0.3, -0.25) is 14.2 Å².